The predicted octanol–water partition coefficient (Wildman–Crippen LogP) is 15.8. The van der Waals surface area contributed by atoms with Gasteiger partial charge in [0.05, 0.1) is 0 Å². The predicted molar refractivity (Wildman–Crippen MR) is 255 cm³/mol. The number of carbonyl (C=O) groups excluding carboxylic acids is 2. The second-order valence-corrected chi connectivity index (χ2v) is 14.7. The summed E-state index contributed by atoms with van der Waals surface area (Å²) in [5, 5.41) is 0. The van der Waals surface area contributed by atoms with Crippen LogP contribution >= 0.6 is 25.3 Å². The Hall–Kier alpha value is -0.601. The van der Waals surface area contributed by atoms with Gasteiger partial charge in [-0.05, 0) is 77.0 Å². The molecule has 0 aliphatic carbocycles. The van der Waals surface area contributed by atoms with Gasteiger partial charge in [0, 0.05) is 48.3 Å². The van der Waals surface area contributed by atoms with Gasteiger partial charge in [-0.3, -0.25) is 9.59 Å². The van der Waals surface area contributed by atoms with E-state index in [9.17, 15) is 9.59 Å². The van der Waals surface area contributed by atoms with Crippen LogP contribution in [0.1, 0.15) is 221 Å². The number of hydrogen-bond donors (Lipinski definition) is 2. The van der Waals surface area contributed by atoms with Crippen LogP contribution in [0.25, 0.3) is 0 Å². The van der Waals surface area contributed by atoms with Crippen LogP contribution in [-0.4, -0.2) is 60.6 Å². The van der Waals surface area contributed by atoms with Gasteiger partial charge in [0.25, 0.3) is 0 Å². The normalized spacial score (nSPS) is 10.8. The maximum atomic E-state index is 11.3. The molecule has 0 aliphatic rings. The van der Waals surface area contributed by atoms with E-state index >= 15 is 0 Å². The first kappa shape index (κ1) is 63.6. The molecular formula is C48H92O4S2Sn. The van der Waals surface area contributed by atoms with Gasteiger partial charge >= 0.3 is 11.9 Å². The molecule has 0 aromatic carbocycles. The quantitative estimate of drug-likeness (QED) is 0.0222. The van der Waals surface area contributed by atoms with Crippen LogP contribution in [-0.2, 0) is 19.1 Å². The zero-order chi connectivity index (χ0) is 40.9. The minimum Gasteiger partial charge on any atom is -0.465 e. The Kier molecular flexibility index (Phi) is 75.4. The molecule has 0 unspecified atom stereocenters. The molecule has 4 nitrogen and oxygen atoms in total. The van der Waals surface area contributed by atoms with Crippen LogP contribution in [0.2, 0.25) is 0 Å². The molecule has 0 amide bonds. The molecule has 324 valence electrons. The van der Waals surface area contributed by atoms with Crippen LogP contribution < -0.4 is 0 Å². The molecule has 0 heterocycles. The molecule has 0 fully saturated rings. The summed E-state index contributed by atoms with van der Waals surface area (Å²) in [6.45, 7) is 14.1. The number of thiol groups is 2. The second-order valence-electron chi connectivity index (χ2n) is 13.8. The van der Waals surface area contributed by atoms with E-state index < -0.39 is 0 Å². The van der Waals surface area contributed by atoms with Crippen molar-refractivity contribution in [3.63, 3.8) is 0 Å². The second kappa shape index (κ2) is 65.3. The van der Waals surface area contributed by atoms with E-state index in [4.69, 9.17) is 9.47 Å². The Morgan fingerprint density at radius 3 is 0.927 bits per heavy atom. The number of carbonyl (C=O) groups is 2. The van der Waals surface area contributed by atoms with Gasteiger partial charge in [-0.15, -0.1) is 0 Å². The van der Waals surface area contributed by atoms with E-state index in [1.807, 2.05) is 0 Å². The van der Waals surface area contributed by atoms with Crippen LogP contribution in [0.5, 0.6) is 0 Å². The summed E-state index contributed by atoms with van der Waals surface area (Å²) in [6, 6.07) is 0. The number of hydrogen-bond acceptors (Lipinski definition) is 6. The van der Waals surface area contributed by atoms with E-state index in [-0.39, 0.29) is 35.8 Å². The maximum absolute atomic E-state index is 11.3. The van der Waals surface area contributed by atoms with Crippen molar-refractivity contribution in [2.45, 2.75) is 221 Å². The average Bonchev–Trinajstić information content (AvgIpc) is 3.19. The van der Waals surface area contributed by atoms with Gasteiger partial charge in [0.15, 0.2) is 0 Å². The Labute approximate surface area is 372 Å². The number of ether oxygens (including phenoxy) is 2. The fourth-order valence-corrected chi connectivity index (χ4v) is 4.81. The molecular weight excluding hydrogens is 823 g/mol. The number of rotatable bonds is 34. The Balaban J connectivity index is -0.000000249. The summed E-state index contributed by atoms with van der Waals surface area (Å²) in [6.07, 6.45) is 51.1. The summed E-state index contributed by atoms with van der Waals surface area (Å²) in [5.41, 5.74) is 0. The molecule has 0 saturated heterocycles. The molecule has 0 N–H and O–H groups in total. The SMILES string of the molecule is CCCC.CCCC.CCCCC/C=C\C/C=C\CCCCCCCC(=O)OCCS.CCCCC/C=C\C/C=C\CCCCCCCC(=O)OCCS.[Sn]. The third-order valence-corrected chi connectivity index (χ3v) is 8.74. The largest absolute Gasteiger partial charge is 0.465 e. The maximum Gasteiger partial charge on any atom is 0.305 e. The smallest absolute Gasteiger partial charge is 0.305 e. The Morgan fingerprint density at radius 2 is 0.655 bits per heavy atom. The molecule has 0 saturated carbocycles. The van der Waals surface area contributed by atoms with Crippen molar-refractivity contribution < 1.29 is 19.1 Å². The fraction of sp³-hybridized carbons (Fsp3) is 0.792. The van der Waals surface area contributed by atoms with E-state index in [0.29, 0.717) is 37.6 Å². The van der Waals surface area contributed by atoms with Crippen molar-refractivity contribution in [2.75, 3.05) is 24.7 Å². The first-order valence-electron chi connectivity index (χ1n) is 22.6. The molecule has 4 radical (unpaired) electrons. The molecule has 0 aromatic heterocycles. The van der Waals surface area contributed by atoms with Crippen molar-refractivity contribution in [3.8, 4) is 0 Å². The fourth-order valence-electron chi connectivity index (χ4n) is 4.62. The third-order valence-electron chi connectivity index (χ3n) is 8.37. The third kappa shape index (κ3) is 74.9. The molecule has 0 atom stereocenters. The van der Waals surface area contributed by atoms with Crippen LogP contribution in [0.3, 0.4) is 0 Å². The summed E-state index contributed by atoms with van der Waals surface area (Å²) >= 11 is 8.02. The minimum absolute atomic E-state index is 0. The van der Waals surface area contributed by atoms with E-state index in [2.05, 4.69) is 115 Å². The summed E-state index contributed by atoms with van der Waals surface area (Å²) in [4.78, 5) is 22.5. The first-order chi connectivity index (χ1) is 26.4. The van der Waals surface area contributed by atoms with Crippen molar-refractivity contribution in [1.82, 2.24) is 0 Å². The molecule has 0 aliphatic heterocycles. The number of unbranched alkanes of at least 4 members (excludes halogenated alkanes) is 18. The number of esters is 2. The van der Waals surface area contributed by atoms with Gasteiger partial charge < -0.3 is 9.47 Å². The molecule has 0 aromatic rings. The van der Waals surface area contributed by atoms with Gasteiger partial charge in [-0.25, -0.2) is 0 Å². The van der Waals surface area contributed by atoms with E-state index in [0.717, 1.165) is 38.5 Å². The van der Waals surface area contributed by atoms with Crippen molar-refractivity contribution in [3.05, 3.63) is 48.6 Å². The first-order valence-corrected chi connectivity index (χ1v) is 23.8. The van der Waals surface area contributed by atoms with E-state index in [1.165, 1.54) is 128 Å². The van der Waals surface area contributed by atoms with Gasteiger partial charge in [0.2, 0.25) is 0 Å². The van der Waals surface area contributed by atoms with E-state index in [1.54, 1.807) is 0 Å². The summed E-state index contributed by atoms with van der Waals surface area (Å²) in [5.74, 6) is 1.05. The zero-order valence-corrected chi connectivity index (χ0v) is 41.9. The Morgan fingerprint density at radius 1 is 0.382 bits per heavy atom. The minimum atomic E-state index is -0.0790. The van der Waals surface area contributed by atoms with Crippen LogP contribution in [0, 0.1) is 0 Å². The molecule has 0 rings (SSSR count). The Bertz CT molecular complexity index is 744. The number of allylic oxidation sites excluding steroid dienone is 8. The monoisotopic (exact) mass is 917 g/mol. The molecule has 0 spiro atoms. The van der Waals surface area contributed by atoms with Crippen LogP contribution in [0.15, 0.2) is 48.6 Å². The van der Waals surface area contributed by atoms with Crippen molar-refractivity contribution in [2.24, 2.45) is 0 Å². The average molecular weight is 916 g/mol. The van der Waals surface area contributed by atoms with Crippen molar-refractivity contribution in [1.29, 1.82) is 0 Å². The van der Waals surface area contributed by atoms with Crippen molar-refractivity contribution >= 4 is 61.1 Å². The van der Waals surface area contributed by atoms with Gasteiger partial charge in [-0.1, -0.05) is 180 Å². The summed E-state index contributed by atoms with van der Waals surface area (Å²) < 4.78 is 9.96. The molecule has 55 heavy (non-hydrogen) atoms. The molecule has 7 heteroatoms. The van der Waals surface area contributed by atoms with Gasteiger partial charge in [0.1, 0.15) is 13.2 Å². The molecule has 0 bridgehead atoms. The zero-order valence-electron chi connectivity index (χ0n) is 37.3. The topological polar surface area (TPSA) is 52.6 Å². The standard InChI is InChI=1S/2C20H36O2S.2C4H10.Sn/c2*1-2-3-4-5-6-7-8-9-10-11-12-13-14-15-16-17-20(21)22-18-19-23;2*1-3-4-2;/h2*6-7,9-10,23H,2-5,8,11-19H2,1H3;2*3-4H2,1-2H3;/b2*7-6-,10-9-;;;. The summed E-state index contributed by atoms with van der Waals surface area (Å²) in [7, 11) is 0. The van der Waals surface area contributed by atoms with Crippen LogP contribution in [0.4, 0.5) is 0 Å². The van der Waals surface area contributed by atoms with Gasteiger partial charge in [-0.2, -0.15) is 25.3 Å².